The van der Waals surface area contributed by atoms with Gasteiger partial charge in [-0.25, -0.2) is 0 Å². The van der Waals surface area contributed by atoms with Gasteiger partial charge in [0, 0.05) is 18.5 Å². The van der Waals surface area contributed by atoms with E-state index in [2.05, 4.69) is 25.1 Å². The second kappa shape index (κ2) is 6.82. The van der Waals surface area contributed by atoms with Crippen LogP contribution >= 0.6 is 0 Å². The maximum absolute atomic E-state index is 12.8. The van der Waals surface area contributed by atoms with Gasteiger partial charge in [0.15, 0.2) is 5.76 Å². The molecule has 0 bridgehead atoms. The number of likely N-dealkylation sites (tertiary alicyclic amines) is 1. The third-order valence-electron chi connectivity index (χ3n) is 6.43. The van der Waals surface area contributed by atoms with Crippen LogP contribution in [0.25, 0.3) is 0 Å². The van der Waals surface area contributed by atoms with Gasteiger partial charge in [-0.05, 0) is 60.9 Å². The molecule has 2 fully saturated rings. The monoisotopic (exact) mass is 353 g/mol. The van der Waals surface area contributed by atoms with Crippen LogP contribution in [0.3, 0.4) is 0 Å². The van der Waals surface area contributed by atoms with E-state index in [4.69, 9.17) is 9.15 Å². The Labute approximate surface area is 155 Å². The molecule has 0 spiro atoms. The first kappa shape index (κ1) is 17.2. The molecule has 138 valence electrons. The summed E-state index contributed by atoms with van der Waals surface area (Å²) in [5, 5.41) is 0. The number of ether oxygens (including phenoxy) is 1. The van der Waals surface area contributed by atoms with Gasteiger partial charge in [0.2, 0.25) is 0 Å². The van der Waals surface area contributed by atoms with Crippen molar-refractivity contribution in [1.82, 2.24) is 4.90 Å². The molecule has 1 aliphatic heterocycles. The van der Waals surface area contributed by atoms with Crippen LogP contribution in [0.1, 0.15) is 48.7 Å². The van der Waals surface area contributed by atoms with E-state index in [0.29, 0.717) is 17.6 Å². The van der Waals surface area contributed by atoms with Crippen LogP contribution in [0, 0.1) is 11.8 Å². The van der Waals surface area contributed by atoms with E-state index in [1.165, 1.54) is 24.8 Å². The molecule has 4 heteroatoms. The molecule has 2 aliphatic rings. The van der Waals surface area contributed by atoms with Crippen molar-refractivity contribution >= 4 is 5.91 Å². The van der Waals surface area contributed by atoms with Gasteiger partial charge in [-0.15, -0.1) is 0 Å². The molecule has 2 aromatic rings. The lowest BCUT2D eigenvalue weighted by Gasteiger charge is -2.52. The van der Waals surface area contributed by atoms with Crippen LogP contribution in [0.5, 0.6) is 5.75 Å². The molecule has 1 aromatic carbocycles. The minimum Gasteiger partial charge on any atom is -0.497 e. The maximum atomic E-state index is 12.8. The van der Waals surface area contributed by atoms with E-state index in [-0.39, 0.29) is 11.3 Å². The largest absolute Gasteiger partial charge is 0.497 e. The smallest absolute Gasteiger partial charge is 0.289 e. The second-order valence-corrected chi connectivity index (χ2v) is 7.95. The molecule has 1 saturated heterocycles. The van der Waals surface area contributed by atoms with Crippen molar-refractivity contribution in [2.24, 2.45) is 11.8 Å². The number of rotatable bonds is 3. The highest BCUT2D eigenvalue weighted by atomic mass is 16.5. The molecular formula is C22H27NO3. The van der Waals surface area contributed by atoms with Gasteiger partial charge in [-0.3, -0.25) is 4.79 Å². The van der Waals surface area contributed by atoms with Crippen LogP contribution in [0.4, 0.5) is 0 Å². The molecule has 0 radical (unpaired) electrons. The molecule has 4 rings (SSSR count). The highest BCUT2D eigenvalue weighted by Crippen LogP contribution is 2.51. The lowest BCUT2D eigenvalue weighted by molar-refractivity contribution is 0.0290. The summed E-state index contributed by atoms with van der Waals surface area (Å²) in [4.78, 5) is 14.7. The van der Waals surface area contributed by atoms with Gasteiger partial charge in [-0.1, -0.05) is 25.5 Å². The molecule has 4 nitrogen and oxygen atoms in total. The summed E-state index contributed by atoms with van der Waals surface area (Å²) in [5.41, 5.74) is 1.52. The number of hydrogen-bond donors (Lipinski definition) is 0. The lowest BCUT2D eigenvalue weighted by Crippen LogP contribution is -2.54. The number of furan rings is 1. The predicted octanol–water partition coefficient (Wildman–Crippen LogP) is 4.51. The van der Waals surface area contributed by atoms with Crippen LogP contribution in [-0.2, 0) is 5.41 Å². The van der Waals surface area contributed by atoms with E-state index in [0.717, 1.165) is 25.3 Å². The van der Waals surface area contributed by atoms with Crippen molar-refractivity contribution in [2.75, 3.05) is 20.2 Å². The Balaban J connectivity index is 1.63. The third kappa shape index (κ3) is 2.91. The van der Waals surface area contributed by atoms with E-state index < -0.39 is 0 Å². The zero-order chi connectivity index (χ0) is 18.1. The van der Waals surface area contributed by atoms with Gasteiger partial charge in [-0.2, -0.15) is 0 Å². The van der Waals surface area contributed by atoms with E-state index in [9.17, 15) is 4.79 Å². The van der Waals surface area contributed by atoms with Crippen molar-refractivity contribution in [3.8, 4) is 5.75 Å². The van der Waals surface area contributed by atoms with Crippen LogP contribution in [-0.4, -0.2) is 31.0 Å². The second-order valence-electron chi connectivity index (χ2n) is 7.95. The summed E-state index contributed by atoms with van der Waals surface area (Å²) in [6, 6.07) is 12.1. The van der Waals surface area contributed by atoms with Gasteiger partial charge >= 0.3 is 0 Å². The van der Waals surface area contributed by atoms with Crippen molar-refractivity contribution in [1.29, 1.82) is 0 Å². The van der Waals surface area contributed by atoms with Crippen molar-refractivity contribution in [2.45, 2.75) is 38.0 Å². The minimum atomic E-state index is 0.0212. The molecule has 3 atom stereocenters. The molecule has 1 saturated carbocycles. The highest BCUT2D eigenvalue weighted by Gasteiger charge is 2.48. The Morgan fingerprint density at radius 2 is 2.15 bits per heavy atom. The summed E-state index contributed by atoms with van der Waals surface area (Å²) < 4.78 is 10.8. The van der Waals surface area contributed by atoms with Crippen LogP contribution < -0.4 is 4.74 Å². The highest BCUT2D eigenvalue weighted by molar-refractivity contribution is 5.91. The molecule has 1 aliphatic carbocycles. The average molecular weight is 353 g/mol. The normalized spacial score (nSPS) is 28.5. The zero-order valence-corrected chi connectivity index (χ0v) is 15.6. The topological polar surface area (TPSA) is 42.7 Å². The van der Waals surface area contributed by atoms with Crippen LogP contribution in [0.15, 0.2) is 47.1 Å². The zero-order valence-electron chi connectivity index (χ0n) is 15.6. The number of methoxy groups -OCH3 is 1. The first-order valence-electron chi connectivity index (χ1n) is 9.60. The molecule has 0 N–H and O–H groups in total. The summed E-state index contributed by atoms with van der Waals surface area (Å²) in [6.45, 7) is 3.95. The maximum Gasteiger partial charge on any atom is 0.289 e. The number of carbonyl (C=O) groups excluding carboxylic acids is 1. The van der Waals surface area contributed by atoms with Crippen LogP contribution in [0.2, 0.25) is 0 Å². The molecule has 26 heavy (non-hydrogen) atoms. The number of fused-ring (bicyclic) bond motifs is 1. The molecule has 0 unspecified atom stereocenters. The Bertz CT molecular complexity index is 769. The fraction of sp³-hybridized carbons (Fsp3) is 0.500. The Kier molecular flexibility index (Phi) is 4.51. The number of hydrogen-bond acceptors (Lipinski definition) is 3. The predicted molar refractivity (Wildman–Crippen MR) is 100 cm³/mol. The first-order valence-corrected chi connectivity index (χ1v) is 9.60. The number of carbonyl (C=O) groups is 1. The standard InChI is InChI=1S/C22H27NO3/c1-16-8-9-18-15-23(21(24)20-7-4-12-26-20)11-10-22(18,14-16)17-5-3-6-19(13-17)25-2/h3-7,12-13,16,18H,8-11,14-15H2,1-2H3/t16-,18-,22-/m0/s1. The average Bonchev–Trinajstić information content (AvgIpc) is 3.21. The number of amides is 1. The van der Waals surface area contributed by atoms with Gasteiger partial charge < -0.3 is 14.1 Å². The van der Waals surface area contributed by atoms with Gasteiger partial charge in [0.05, 0.1) is 13.4 Å². The number of benzene rings is 1. The van der Waals surface area contributed by atoms with Gasteiger partial charge in [0.1, 0.15) is 5.75 Å². The summed E-state index contributed by atoms with van der Waals surface area (Å²) >= 11 is 0. The van der Waals surface area contributed by atoms with Gasteiger partial charge in [0.25, 0.3) is 5.91 Å². The molecule has 2 heterocycles. The van der Waals surface area contributed by atoms with Crippen molar-refractivity contribution in [3.05, 3.63) is 54.0 Å². The Morgan fingerprint density at radius 3 is 2.92 bits per heavy atom. The Hall–Kier alpha value is -2.23. The van der Waals surface area contributed by atoms with Crippen molar-refractivity contribution < 1.29 is 13.9 Å². The number of piperidine rings is 1. The SMILES string of the molecule is COc1cccc([C@@]23CCN(C(=O)c4ccco4)C[C@@H]2CC[C@H](C)C3)c1. The molecule has 1 amide bonds. The minimum absolute atomic E-state index is 0.0212. The summed E-state index contributed by atoms with van der Waals surface area (Å²) in [7, 11) is 1.72. The van der Waals surface area contributed by atoms with E-state index in [1.54, 1.807) is 25.5 Å². The third-order valence-corrected chi connectivity index (χ3v) is 6.43. The fourth-order valence-electron chi connectivity index (χ4n) is 5.09. The fourth-order valence-corrected chi connectivity index (χ4v) is 5.09. The van der Waals surface area contributed by atoms with E-state index >= 15 is 0 Å². The number of nitrogens with zero attached hydrogens (tertiary/aromatic N) is 1. The Morgan fingerprint density at radius 1 is 1.27 bits per heavy atom. The summed E-state index contributed by atoms with van der Waals surface area (Å²) in [5.74, 6) is 2.59. The molecular weight excluding hydrogens is 326 g/mol. The molecule has 1 aromatic heterocycles. The summed E-state index contributed by atoms with van der Waals surface area (Å²) in [6.07, 6.45) is 6.16. The van der Waals surface area contributed by atoms with Crippen molar-refractivity contribution in [3.63, 3.8) is 0 Å². The first-order chi connectivity index (χ1) is 12.6. The quantitative estimate of drug-likeness (QED) is 0.815. The van der Waals surface area contributed by atoms with E-state index in [1.807, 2.05) is 11.0 Å². The lowest BCUT2D eigenvalue weighted by atomic mass is 9.57.